The summed E-state index contributed by atoms with van der Waals surface area (Å²) in [6.07, 6.45) is 1.51. The predicted molar refractivity (Wildman–Crippen MR) is 104 cm³/mol. The van der Waals surface area contributed by atoms with E-state index in [2.05, 4.69) is 5.32 Å². The van der Waals surface area contributed by atoms with E-state index in [1.165, 1.54) is 0 Å². The monoisotopic (exact) mass is 387 g/mol. The summed E-state index contributed by atoms with van der Waals surface area (Å²) in [6, 6.07) is 13.1. The van der Waals surface area contributed by atoms with Gasteiger partial charge in [0.15, 0.2) is 0 Å². The lowest BCUT2D eigenvalue weighted by Gasteiger charge is -2.45. The van der Waals surface area contributed by atoms with Crippen molar-refractivity contribution in [3.05, 3.63) is 63.6 Å². The molecule has 1 aliphatic carbocycles. The average molecular weight is 388 g/mol. The first kappa shape index (κ1) is 17.6. The van der Waals surface area contributed by atoms with E-state index < -0.39 is 5.41 Å². The maximum Gasteiger partial charge on any atom is 0.236 e. The van der Waals surface area contributed by atoms with E-state index in [4.69, 9.17) is 23.2 Å². The van der Waals surface area contributed by atoms with Crippen molar-refractivity contribution in [1.82, 2.24) is 0 Å². The molecule has 4 rings (SSSR count). The Labute approximate surface area is 162 Å². The van der Waals surface area contributed by atoms with E-state index in [1.54, 1.807) is 6.07 Å². The van der Waals surface area contributed by atoms with Gasteiger partial charge < -0.3 is 5.32 Å². The van der Waals surface area contributed by atoms with Gasteiger partial charge in [-0.25, -0.2) is 0 Å². The van der Waals surface area contributed by atoms with Gasteiger partial charge in [0.1, 0.15) is 5.78 Å². The number of fused-ring (bicyclic) bond motifs is 2. The van der Waals surface area contributed by atoms with Gasteiger partial charge in [0, 0.05) is 34.5 Å². The summed E-state index contributed by atoms with van der Waals surface area (Å²) < 4.78 is 0. The molecule has 3 atom stereocenters. The fraction of sp³-hybridized carbons (Fsp3) is 0.333. The van der Waals surface area contributed by atoms with Crippen LogP contribution < -0.4 is 5.32 Å². The van der Waals surface area contributed by atoms with Crippen molar-refractivity contribution in [1.29, 1.82) is 0 Å². The molecule has 5 heteroatoms. The molecular weight excluding hydrogens is 369 g/mol. The van der Waals surface area contributed by atoms with Crippen LogP contribution in [0.5, 0.6) is 0 Å². The van der Waals surface area contributed by atoms with Gasteiger partial charge in [-0.2, -0.15) is 0 Å². The third-order valence-electron chi connectivity index (χ3n) is 5.89. The first-order valence-corrected chi connectivity index (χ1v) is 9.61. The number of nitrogens with one attached hydrogen (secondary N) is 1. The summed E-state index contributed by atoms with van der Waals surface area (Å²) in [5.74, 6) is -0.147. The molecule has 1 spiro atoms. The molecule has 1 heterocycles. The van der Waals surface area contributed by atoms with Crippen LogP contribution in [0.3, 0.4) is 0 Å². The van der Waals surface area contributed by atoms with Crippen molar-refractivity contribution in [3.63, 3.8) is 0 Å². The molecule has 1 amide bonds. The lowest BCUT2D eigenvalue weighted by atomic mass is 9.54. The van der Waals surface area contributed by atoms with Crippen LogP contribution in [0, 0.1) is 5.92 Å². The minimum atomic E-state index is -0.771. The third-order valence-corrected chi connectivity index (χ3v) is 6.36. The van der Waals surface area contributed by atoms with Gasteiger partial charge >= 0.3 is 0 Å². The third kappa shape index (κ3) is 2.49. The zero-order chi connectivity index (χ0) is 18.5. The van der Waals surface area contributed by atoms with Gasteiger partial charge in [-0.1, -0.05) is 54.7 Å². The number of amides is 1. The number of anilines is 1. The minimum Gasteiger partial charge on any atom is -0.325 e. The smallest absolute Gasteiger partial charge is 0.236 e. The summed E-state index contributed by atoms with van der Waals surface area (Å²) in [6.45, 7) is 2.04. The molecule has 134 valence electrons. The van der Waals surface area contributed by atoms with Crippen molar-refractivity contribution < 1.29 is 9.59 Å². The molecule has 2 aromatic carbocycles. The fourth-order valence-corrected chi connectivity index (χ4v) is 5.21. The number of halogens is 2. The highest BCUT2D eigenvalue weighted by atomic mass is 35.5. The fourth-order valence-electron chi connectivity index (χ4n) is 4.84. The van der Waals surface area contributed by atoms with Crippen molar-refractivity contribution in [2.45, 2.75) is 37.5 Å². The van der Waals surface area contributed by atoms with Crippen LogP contribution in [-0.2, 0) is 15.0 Å². The molecule has 0 bridgehead atoms. The van der Waals surface area contributed by atoms with Gasteiger partial charge in [0.05, 0.1) is 5.41 Å². The molecule has 2 aromatic rings. The molecule has 1 saturated carbocycles. The van der Waals surface area contributed by atoms with Crippen LogP contribution in [0.15, 0.2) is 42.5 Å². The van der Waals surface area contributed by atoms with E-state index >= 15 is 0 Å². The highest BCUT2D eigenvalue weighted by molar-refractivity contribution is 6.31. The summed E-state index contributed by atoms with van der Waals surface area (Å²) >= 11 is 12.4. The minimum absolute atomic E-state index is 0.0425. The number of ketones is 1. The zero-order valence-corrected chi connectivity index (χ0v) is 15.9. The summed E-state index contributed by atoms with van der Waals surface area (Å²) in [5.41, 5.74) is 1.85. The molecule has 26 heavy (non-hydrogen) atoms. The second-order valence-corrected chi connectivity index (χ2v) is 8.05. The van der Waals surface area contributed by atoms with E-state index in [0.717, 1.165) is 23.2 Å². The standard InChI is InChI=1S/C21H19Cl2NO2/c1-2-13-9-16(25)11-18(12-4-3-5-14(22)8-12)21(13)17-7-6-15(23)10-19(17)24-20(21)26/h3-8,10,13,18H,2,9,11H2,1H3,(H,24,26)/t13-,18+,21-/m1/s1. The van der Waals surface area contributed by atoms with E-state index in [0.29, 0.717) is 22.9 Å². The molecule has 1 N–H and O–H groups in total. The second kappa shape index (κ2) is 6.40. The Bertz CT molecular complexity index is 911. The van der Waals surface area contributed by atoms with Crippen LogP contribution in [0.25, 0.3) is 0 Å². The summed E-state index contributed by atoms with van der Waals surface area (Å²) in [5, 5.41) is 4.22. The molecule has 0 saturated heterocycles. The number of Topliss-reactive ketones (excluding diaryl/α,β-unsaturated/α-hetero) is 1. The highest BCUT2D eigenvalue weighted by Gasteiger charge is 2.59. The van der Waals surface area contributed by atoms with Gasteiger partial charge in [0.2, 0.25) is 5.91 Å². The Morgan fingerprint density at radius 2 is 1.85 bits per heavy atom. The molecular formula is C21H19Cl2NO2. The van der Waals surface area contributed by atoms with Gasteiger partial charge in [-0.3, -0.25) is 9.59 Å². The average Bonchev–Trinajstić information content (AvgIpc) is 2.88. The number of carbonyl (C=O) groups is 2. The topological polar surface area (TPSA) is 46.2 Å². The Morgan fingerprint density at radius 3 is 2.58 bits per heavy atom. The molecule has 1 fully saturated rings. The predicted octanol–water partition coefficient (Wildman–Crippen LogP) is 5.36. The van der Waals surface area contributed by atoms with Gasteiger partial charge in [-0.05, 0) is 41.3 Å². The van der Waals surface area contributed by atoms with Crippen LogP contribution >= 0.6 is 23.2 Å². The van der Waals surface area contributed by atoms with Gasteiger partial charge in [0.25, 0.3) is 0 Å². The van der Waals surface area contributed by atoms with Crippen molar-refractivity contribution in [3.8, 4) is 0 Å². The molecule has 2 aliphatic rings. The Balaban J connectivity index is 1.97. The Morgan fingerprint density at radius 1 is 1.08 bits per heavy atom. The van der Waals surface area contributed by atoms with Crippen LogP contribution in [0.4, 0.5) is 5.69 Å². The molecule has 0 unspecified atom stereocenters. The van der Waals surface area contributed by atoms with E-state index in [-0.39, 0.29) is 23.5 Å². The quantitative estimate of drug-likeness (QED) is 0.753. The molecule has 0 aromatic heterocycles. The van der Waals surface area contributed by atoms with Crippen molar-refractivity contribution in [2.24, 2.45) is 5.92 Å². The van der Waals surface area contributed by atoms with Crippen LogP contribution in [0.2, 0.25) is 10.0 Å². The summed E-state index contributed by atoms with van der Waals surface area (Å²) in [4.78, 5) is 25.9. The lowest BCUT2D eigenvalue weighted by molar-refractivity contribution is -0.131. The number of carbonyl (C=O) groups excluding carboxylic acids is 2. The molecule has 3 nitrogen and oxygen atoms in total. The lowest BCUT2D eigenvalue weighted by Crippen LogP contribution is -2.51. The summed E-state index contributed by atoms with van der Waals surface area (Å²) in [7, 11) is 0. The molecule has 0 radical (unpaired) electrons. The SMILES string of the molecule is CC[C@@H]1CC(=O)C[C@@H](c2cccc(Cl)c2)[C@@]12C(=O)Nc1cc(Cl)ccc12. The van der Waals surface area contributed by atoms with Crippen LogP contribution in [0.1, 0.15) is 43.2 Å². The number of benzene rings is 2. The van der Waals surface area contributed by atoms with E-state index in [9.17, 15) is 9.59 Å². The first-order chi connectivity index (χ1) is 12.5. The van der Waals surface area contributed by atoms with Crippen molar-refractivity contribution >= 4 is 40.6 Å². The van der Waals surface area contributed by atoms with Crippen molar-refractivity contribution in [2.75, 3.05) is 5.32 Å². The Hall–Kier alpha value is -1.84. The number of hydrogen-bond acceptors (Lipinski definition) is 2. The Kier molecular flexibility index (Phi) is 4.32. The number of hydrogen-bond donors (Lipinski definition) is 1. The maximum atomic E-state index is 13.4. The largest absolute Gasteiger partial charge is 0.325 e. The first-order valence-electron chi connectivity index (χ1n) is 8.85. The molecule has 1 aliphatic heterocycles. The number of rotatable bonds is 2. The highest BCUT2D eigenvalue weighted by Crippen LogP contribution is 2.57. The van der Waals surface area contributed by atoms with E-state index in [1.807, 2.05) is 43.3 Å². The second-order valence-electron chi connectivity index (χ2n) is 7.17. The van der Waals surface area contributed by atoms with Crippen LogP contribution in [-0.4, -0.2) is 11.7 Å². The maximum absolute atomic E-state index is 13.4. The normalized spacial score (nSPS) is 27.5. The zero-order valence-electron chi connectivity index (χ0n) is 14.4. The van der Waals surface area contributed by atoms with Gasteiger partial charge in [-0.15, -0.1) is 0 Å².